The average molecular weight is 359 g/mol. The zero-order valence-electron chi connectivity index (χ0n) is 14.7. The first kappa shape index (κ1) is 16.7. The van der Waals surface area contributed by atoms with E-state index in [1.165, 1.54) is 0 Å². The van der Waals surface area contributed by atoms with Gasteiger partial charge in [0.2, 0.25) is 12.7 Å². The normalized spacial score (nSPS) is 11.7. The Morgan fingerprint density at radius 2 is 1.96 bits per heavy atom. The Morgan fingerprint density at radius 3 is 2.85 bits per heavy atom. The predicted molar refractivity (Wildman–Crippen MR) is 101 cm³/mol. The number of anilines is 3. The summed E-state index contributed by atoms with van der Waals surface area (Å²) in [4.78, 5) is 8.93. The summed E-state index contributed by atoms with van der Waals surface area (Å²) in [7, 11) is 0. The Hall–Kier alpha value is -3.79. The molecule has 7 nitrogen and oxygen atoms in total. The highest BCUT2D eigenvalue weighted by Crippen LogP contribution is 2.32. The van der Waals surface area contributed by atoms with Crippen molar-refractivity contribution in [2.24, 2.45) is 0 Å². The summed E-state index contributed by atoms with van der Waals surface area (Å²) in [5.41, 5.74) is 3.26. The first-order valence-corrected chi connectivity index (χ1v) is 8.45. The zero-order chi connectivity index (χ0) is 18.6. The lowest BCUT2D eigenvalue weighted by atomic mass is 10.2. The van der Waals surface area contributed by atoms with E-state index in [4.69, 9.17) is 14.7 Å². The summed E-state index contributed by atoms with van der Waals surface area (Å²) < 4.78 is 10.7. The van der Waals surface area contributed by atoms with Gasteiger partial charge in [0.05, 0.1) is 11.6 Å². The fraction of sp³-hybridized carbons (Fsp3) is 0.150. The van der Waals surface area contributed by atoms with Crippen LogP contribution in [-0.4, -0.2) is 16.8 Å². The van der Waals surface area contributed by atoms with Crippen LogP contribution in [0.15, 0.2) is 48.5 Å². The molecule has 2 N–H and O–H groups in total. The number of rotatable bonds is 5. The molecule has 3 aromatic rings. The standard InChI is InChI=1S/C20H17N5O2/c1-13-7-19(24-16-4-2-3-14(8-16)10-21)25-20(23-13)22-11-15-5-6-17-18(9-15)27-12-26-17/h2-9H,11-12H2,1H3,(H2,22,23,24,25). The summed E-state index contributed by atoms with van der Waals surface area (Å²) in [6, 6.07) is 17.0. The summed E-state index contributed by atoms with van der Waals surface area (Å²) >= 11 is 0. The lowest BCUT2D eigenvalue weighted by Crippen LogP contribution is -2.06. The van der Waals surface area contributed by atoms with E-state index < -0.39 is 0 Å². The summed E-state index contributed by atoms with van der Waals surface area (Å²) in [5.74, 6) is 2.69. The number of fused-ring (bicyclic) bond motifs is 1. The number of nitrogens with zero attached hydrogens (tertiary/aromatic N) is 3. The molecular formula is C20H17N5O2. The minimum atomic E-state index is 0.259. The van der Waals surface area contributed by atoms with Gasteiger partial charge in [-0.05, 0) is 42.8 Å². The molecule has 0 spiro atoms. The minimum Gasteiger partial charge on any atom is -0.454 e. The van der Waals surface area contributed by atoms with Crippen LogP contribution in [0.4, 0.5) is 17.5 Å². The lowest BCUT2D eigenvalue weighted by molar-refractivity contribution is 0.174. The molecule has 7 heteroatoms. The summed E-state index contributed by atoms with van der Waals surface area (Å²) in [6.45, 7) is 2.73. The lowest BCUT2D eigenvalue weighted by Gasteiger charge is -2.10. The maximum atomic E-state index is 9.02. The van der Waals surface area contributed by atoms with Crippen molar-refractivity contribution < 1.29 is 9.47 Å². The summed E-state index contributed by atoms with van der Waals surface area (Å²) in [6.07, 6.45) is 0. The van der Waals surface area contributed by atoms with Crippen molar-refractivity contribution in [1.29, 1.82) is 5.26 Å². The van der Waals surface area contributed by atoms with Crippen molar-refractivity contribution in [3.63, 3.8) is 0 Å². The van der Waals surface area contributed by atoms with Crippen molar-refractivity contribution in [1.82, 2.24) is 9.97 Å². The third-order valence-electron chi connectivity index (χ3n) is 4.01. The predicted octanol–water partition coefficient (Wildman–Crippen LogP) is 3.74. The largest absolute Gasteiger partial charge is 0.454 e. The number of aryl methyl sites for hydroxylation is 1. The van der Waals surface area contributed by atoms with Gasteiger partial charge in [0.15, 0.2) is 11.5 Å². The topological polar surface area (TPSA) is 92.1 Å². The highest BCUT2D eigenvalue weighted by Gasteiger charge is 2.13. The molecule has 0 saturated heterocycles. The van der Waals surface area contributed by atoms with Crippen LogP contribution < -0.4 is 20.1 Å². The van der Waals surface area contributed by atoms with E-state index in [9.17, 15) is 0 Å². The molecule has 0 fully saturated rings. The number of hydrogen-bond acceptors (Lipinski definition) is 7. The number of nitrogens with one attached hydrogen (secondary N) is 2. The van der Waals surface area contributed by atoms with Crippen LogP contribution in [0.2, 0.25) is 0 Å². The average Bonchev–Trinajstić information content (AvgIpc) is 3.14. The molecule has 0 amide bonds. The fourth-order valence-electron chi connectivity index (χ4n) is 2.76. The quantitative estimate of drug-likeness (QED) is 0.717. The van der Waals surface area contributed by atoms with Crippen molar-refractivity contribution in [3.8, 4) is 17.6 Å². The molecule has 0 saturated carbocycles. The molecule has 0 bridgehead atoms. The molecule has 0 radical (unpaired) electrons. The third-order valence-corrected chi connectivity index (χ3v) is 4.01. The van der Waals surface area contributed by atoms with Crippen LogP contribution in [0.5, 0.6) is 11.5 Å². The van der Waals surface area contributed by atoms with Gasteiger partial charge < -0.3 is 20.1 Å². The third kappa shape index (κ3) is 3.90. The second-order valence-corrected chi connectivity index (χ2v) is 6.08. The maximum Gasteiger partial charge on any atom is 0.231 e. The fourth-order valence-corrected chi connectivity index (χ4v) is 2.76. The highest BCUT2D eigenvalue weighted by atomic mass is 16.7. The molecule has 1 aliphatic heterocycles. The van der Waals surface area contributed by atoms with E-state index in [-0.39, 0.29) is 6.79 Å². The Bertz CT molecular complexity index is 1030. The molecule has 0 atom stereocenters. The smallest absolute Gasteiger partial charge is 0.231 e. The van der Waals surface area contributed by atoms with Crippen molar-refractivity contribution in [2.45, 2.75) is 13.5 Å². The molecule has 0 aliphatic carbocycles. The van der Waals surface area contributed by atoms with Gasteiger partial charge in [0.25, 0.3) is 0 Å². The van der Waals surface area contributed by atoms with Gasteiger partial charge in [-0.2, -0.15) is 10.2 Å². The number of benzene rings is 2. The zero-order valence-corrected chi connectivity index (χ0v) is 14.7. The van der Waals surface area contributed by atoms with E-state index in [0.717, 1.165) is 28.4 Å². The van der Waals surface area contributed by atoms with Crippen LogP contribution in [0.3, 0.4) is 0 Å². The van der Waals surface area contributed by atoms with Gasteiger partial charge in [-0.15, -0.1) is 0 Å². The van der Waals surface area contributed by atoms with E-state index in [0.29, 0.717) is 23.9 Å². The van der Waals surface area contributed by atoms with Crippen molar-refractivity contribution in [3.05, 3.63) is 65.4 Å². The van der Waals surface area contributed by atoms with Crippen LogP contribution in [0.25, 0.3) is 0 Å². The number of nitriles is 1. The van der Waals surface area contributed by atoms with Crippen molar-refractivity contribution >= 4 is 17.5 Å². The maximum absolute atomic E-state index is 9.02. The van der Waals surface area contributed by atoms with E-state index in [2.05, 4.69) is 26.7 Å². The first-order valence-electron chi connectivity index (χ1n) is 8.45. The second-order valence-electron chi connectivity index (χ2n) is 6.08. The molecule has 27 heavy (non-hydrogen) atoms. The Labute approximate surface area is 156 Å². The Kier molecular flexibility index (Phi) is 4.45. The SMILES string of the molecule is Cc1cc(Nc2cccc(C#N)c2)nc(NCc2ccc3c(c2)OCO3)n1. The van der Waals surface area contributed by atoms with Gasteiger partial charge in [-0.1, -0.05) is 12.1 Å². The monoisotopic (exact) mass is 359 g/mol. The first-order chi connectivity index (χ1) is 13.2. The van der Waals surface area contributed by atoms with Crippen LogP contribution in [-0.2, 0) is 6.54 Å². The van der Waals surface area contributed by atoms with Gasteiger partial charge in [-0.3, -0.25) is 0 Å². The summed E-state index contributed by atoms with van der Waals surface area (Å²) in [5, 5.41) is 15.5. The van der Waals surface area contributed by atoms with Gasteiger partial charge in [0.1, 0.15) is 5.82 Å². The molecular weight excluding hydrogens is 342 g/mol. The molecule has 2 heterocycles. The van der Waals surface area contributed by atoms with E-state index in [1.54, 1.807) is 12.1 Å². The van der Waals surface area contributed by atoms with Gasteiger partial charge >= 0.3 is 0 Å². The van der Waals surface area contributed by atoms with Gasteiger partial charge in [-0.25, -0.2) is 4.98 Å². The Morgan fingerprint density at radius 1 is 1.07 bits per heavy atom. The van der Waals surface area contributed by atoms with Crippen LogP contribution >= 0.6 is 0 Å². The van der Waals surface area contributed by atoms with E-state index in [1.807, 2.05) is 43.3 Å². The molecule has 1 aliphatic rings. The second kappa shape index (κ2) is 7.22. The minimum absolute atomic E-state index is 0.259. The van der Waals surface area contributed by atoms with E-state index >= 15 is 0 Å². The highest BCUT2D eigenvalue weighted by molar-refractivity contribution is 5.59. The van der Waals surface area contributed by atoms with Gasteiger partial charge in [0, 0.05) is 24.0 Å². The van der Waals surface area contributed by atoms with Crippen molar-refractivity contribution in [2.75, 3.05) is 17.4 Å². The molecule has 134 valence electrons. The Balaban J connectivity index is 1.48. The van der Waals surface area contributed by atoms with Crippen LogP contribution in [0.1, 0.15) is 16.8 Å². The molecule has 2 aromatic carbocycles. The van der Waals surface area contributed by atoms with Crippen LogP contribution in [0, 0.1) is 18.3 Å². The number of ether oxygens (including phenoxy) is 2. The molecule has 0 unspecified atom stereocenters. The number of aromatic nitrogens is 2. The molecule has 1 aromatic heterocycles. The number of hydrogen-bond donors (Lipinski definition) is 2. The molecule has 4 rings (SSSR count).